The van der Waals surface area contributed by atoms with Gasteiger partial charge in [-0.15, -0.1) is 0 Å². The number of aromatic nitrogens is 1. The van der Waals surface area contributed by atoms with Crippen molar-refractivity contribution in [2.75, 3.05) is 7.11 Å². The van der Waals surface area contributed by atoms with Crippen LogP contribution in [0.5, 0.6) is 5.75 Å². The predicted octanol–water partition coefficient (Wildman–Crippen LogP) is 2.13. The van der Waals surface area contributed by atoms with E-state index in [2.05, 4.69) is 4.98 Å². The van der Waals surface area contributed by atoms with Gasteiger partial charge in [0.15, 0.2) is 0 Å². The number of ether oxygens (including phenoxy) is 1. The Morgan fingerprint density at radius 1 is 1.47 bits per heavy atom. The molecule has 6 heteroatoms. The number of pyridine rings is 1. The second-order valence-electron chi connectivity index (χ2n) is 4.13. The molecular weight excluding hydrogens is 270 g/mol. The van der Waals surface area contributed by atoms with E-state index in [1.54, 1.807) is 19.1 Å². The maximum Gasteiger partial charge on any atom is 0.308 e. The summed E-state index contributed by atoms with van der Waals surface area (Å²) in [7, 11) is 1.50. The topological polar surface area (TPSA) is 79.4 Å². The number of hydrogen-bond donors (Lipinski definition) is 2. The largest absolute Gasteiger partial charge is 0.496 e. The van der Waals surface area contributed by atoms with E-state index < -0.39 is 11.5 Å². The highest BCUT2D eigenvalue weighted by molar-refractivity contribution is 6.35. The molecule has 0 aliphatic rings. The summed E-state index contributed by atoms with van der Waals surface area (Å²) in [5.74, 6) is -0.520. The normalized spacial score (nSPS) is 10.7. The van der Waals surface area contributed by atoms with Gasteiger partial charge < -0.3 is 14.8 Å². The van der Waals surface area contributed by atoms with Crippen LogP contribution in [0.2, 0.25) is 5.02 Å². The van der Waals surface area contributed by atoms with Crippen LogP contribution in [-0.4, -0.2) is 23.2 Å². The lowest BCUT2D eigenvalue weighted by molar-refractivity contribution is -0.136. The fourth-order valence-electron chi connectivity index (χ4n) is 2.10. The van der Waals surface area contributed by atoms with Crippen LogP contribution in [-0.2, 0) is 11.2 Å². The Labute approximate surface area is 113 Å². The second-order valence-corrected chi connectivity index (χ2v) is 4.54. The van der Waals surface area contributed by atoms with E-state index in [-0.39, 0.29) is 12.0 Å². The maximum atomic E-state index is 11.9. The Kier molecular flexibility index (Phi) is 3.48. The molecule has 0 aliphatic heterocycles. The van der Waals surface area contributed by atoms with Gasteiger partial charge in [0, 0.05) is 10.9 Å². The zero-order valence-corrected chi connectivity index (χ0v) is 11.2. The summed E-state index contributed by atoms with van der Waals surface area (Å²) in [4.78, 5) is 25.4. The fourth-order valence-corrected chi connectivity index (χ4v) is 2.30. The minimum absolute atomic E-state index is 0.209. The summed E-state index contributed by atoms with van der Waals surface area (Å²) in [6.07, 6.45) is -0.341. The Morgan fingerprint density at radius 2 is 2.16 bits per heavy atom. The van der Waals surface area contributed by atoms with E-state index >= 15 is 0 Å². The van der Waals surface area contributed by atoms with Gasteiger partial charge >= 0.3 is 5.97 Å². The monoisotopic (exact) mass is 281 g/mol. The van der Waals surface area contributed by atoms with Gasteiger partial charge in [-0.05, 0) is 24.6 Å². The van der Waals surface area contributed by atoms with Gasteiger partial charge in [0.05, 0.1) is 24.1 Å². The lowest BCUT2D eigenvalue weighted by Crippen LogP contribution is -2.18. The summed E-state index contributed by atoms with van der Waals surface area (Å²) in [5, 5.41) is 9.88. The van der Waals surface area contributed by atoms with E-state index in [0.29, 0.717) is 27.2 Å². The highest BCUT2D eigenvalue weighted by Crippen LogP contribution is 2.32. The average Bonchev–Trinajstić information content (AvgIpc) is 2.35. The first kappa shape index (κ1) is 13.4. The molecule has 0 saturated carbocycles. The third-order valence-electron chi connectivity index (χ3n) is 3.00. The number of fused-ring (bicyclic) bond motifs is 1. The van der Waals surface area contributed by atoms with Crippen LogP contribution >= 0.6 is 11.6 Å². The zero-order valence-electron chi connectivity index (χ0n) is 10.4. The summed E-state index contributed by atoms with van der Waals surface area (Å²) < 4.78 is 5.24. The molecule has 2 aromatic rings. The van der Waals surface area contributed by atoms with E-state index in [1.165, 1.54) is 7.11 Å². The molecule has 0 bridgehead atoms. The summed E-state index contributed by atoms with van der Waals surface area (Å²) >= 11 is 6.05. The Hall–Kier alpha value is -2.01. The number of aromatic amines is 1. The molecule has 0 spiro atoms. The van der Waals surface area contributed by atoms with Crippen LogP contribution in [0.15, 0.2) is 16.9 Å². The van der Waals surface area contributed by atoms with Gasteiger partial charge in [-0.3, -0.25) is 9.59 Å². The van der Waals surface area contributed by atoms with Crippen LogP contribution < -0.4 is 10.3 Å². The first-order chi connectivity index (χ1) is 8.95. The molecule has 0 saturated heterocycles. The Morgan fingerprint density at radius 3 is 2.74 bits per heavy atom. The number of carbonyl (C=O) groups is 1. The van der Waals surface area contributed by atoms with Crippen molar-refractivity contribution in [3.8, 4) is 5.75 Å². The quantitative estimate of drug-likeness (QED) is 0.903. The van der Waals surface area contributed by atoms with Crippen LogP contribution in [0.25, 0.3) is 10.9 Å². The number of benzene rings is 1. The minimum atomic E-state index is -1.06. The molecule has 0 atom stereocenters. The Bertz CT molecular complexity index is 721. The van der Waals surface area contributed by atoms with Gasteiger partial charge in [-0.1, -0.05) is 11.6 Å². The van der Waals surface area contributed by atoms with Crippen molar-refractivity contribution in [3.05, 3.63) is 38.6 Å². The molecule has 0 aliphatic carbocycles. The summed E-state index contributed by atoms with van der Waals surface area (Å²) in [5.41, 5.74) is 0.793. The molecule has 1 aromatic carbocycles. The molecule has 0 fully saturated rings. The van der Waals surface area contributed by atoms with Crippen molar-refractivity contribution < 1.29 is 14.6 Å². The minimum Gasteiger partial charge on any atom is -0.496 e. The number of halogens is 1. The maximum absolute atomic E-state index is 11.9. The van der Waals surface area contributed by atoms with Crippen molar-refractivity contribution in [3.63, 3.8) is 0 Å². The van der Waals surface area contributed by atoms with Gasteiger partial charge in [0.1, 0.15) is 5.75 Å². The molecular formula is C13H12ClNO4. The van der Waals surface area contributed by atoms with Crippen LogP contribution in [0.1, 0.15) is 11.1 Å². The van der Waals surface area contributed by atoms with Crippen molar-refractivity contribution in [2.24, 2.45) is 0 Å². The van der Waals surface area contributed by atoms with E-state index in [0.717, 1.165) is 0 Å². The third kappa shape index (κ3) is 2.29. The molecule has 2 rings (SSSR count). The number of aliphatic carboxylic acids is 1. The molecule has 100 valence electrons. The van der Waals surface area contributed by atoms with Gasteiger partial charge in [0.2, 0.25) is 0 Å². The highest BCUT2D eigenvalue weighted by Gasteiger charge is 2.16. The van der Waals surface area contributed by atoms with Crippen molar-refractivity contribution in [1.82, 2.24) is 4.98 Å². The third-order valence-corrected chi connectivity index (χ3v) is 3.32. The number of methoxy groups -OCH3 is 1. The van der Waals surface area contributed by atoms with Gasteiger partial charge in [-0.25, -0.2) is 0 Å². The van der Waals surface area contributed by atoms with Crippen molar-refractivity contribution in [1.29, 1.82) is 0 Å². The molecule has 0 unspecified atom stereocenters. The number of nitrogens with one attached hydrogen (secondary N) is 1. The average molecular weight is 282 g/mol. The first-order valence-electron chi connectivity index (χ1n) is 5.55. The zero-order chi connectivity index (χ0) is 14.2. The molecule has 19 heavy (non-hydrogen) atoms. The van der Waals surface area contributed by atoms with Crippen LogP contribution in [0.4, 0.5) is 0 Å². The predicted molar refractivity (Wildman–Crippen MR) is 72.2 cm³/mol. The van der Waals surface area contributed by atoms with Crippen molar-refractivity contribution in [2.45, 2.75) is 13.3 Å². The smallest absolute Gasteiger partial charge is 0.308 e. The van der Waals surface area contributed by atoms with Gasteiger partial charge in [-0.2, -0.15) is 0 Å². The molecule has 1 aromatic heterocycles. The number of carboxylic acid groups (broad SMARTS) is 1. The summed E-state index contributed by atoms with van der Waals surface area (Å²) in [6.45, 7) is 1.69. The van der Waals surface area contributed by atoms with Crippen molar-refractivity contribution >= 4 is 28.5 Å². The first-order valence-corrected chi connectivity index (χ1v) is 5.93. The number of carboxylic acids is 1. The Balaban J connectivity index is 2.89. The van der Waals surface area contributed by atoms with Crippen LogP contribution in [0, 0.1) is 6.92 Å². The molecule has 2 N–H and O–H groups in total. The lowest BCUT2D eigenvalue weighted by Gasteiger charge is -2.12. The SMILES string of the molecule is COc1ccc(Cl)c2[nH]c(=O)c(CC(=O)O)c(C)c12. The lowest BCUT2D eigenvalue weighted by atomic mass is 10.0. The molecule has 0 amide bonds. The molecule has 1 heterocycles. The fraction of sp³-hybridized carbons (Fsp3) is 0.231. The molecule has 5 nitrogen and oxygen atoms in total. The number of aryl methyl sites for hydroxylation is 1. The van der Waals surface area contributed by atoms with E-state index in [9.17, 15) is 9.59 Å². The standard InChI is InChI=1S/C13H12ClNO4/c1-6-7(5-10(16)17)13(18)15-12-8(14)3-4-9(19-2)11(6)12/h3-4H,5H2,1-2H3,(H,15,18)(H,16,17). The number of H-pyrrole nitrogens is 1. The van der Waals surface area contributed by atoms with E-state index in [4.69, 9.17) is 21.4 Å². The summed E-state index contributed by atoms with van der Waals surface area (Å²) in [6, 6.07) is 3.30. The number of rotatable bonds is 3. The van der Waals surface area contributed by atoms with Gasteiger partial charge in [0.25, 0.3) is 5.56 Å². The molecule has 0 radical (unpaired) electrons. The number of hydrogen-bond acceptors (Lipinski definition) is 3. The highest BCUT2D eigenvalue weighted by atomic mass is 35.5. The van der Waals surface area contributed by atoms with Crippen LogP contribution in [0.3, 0.4) is 0 Å². The second kappa shape index (κ2) is 4.93. The van der Waals surface area contributed by atoms with E-state index in [1.807, 2.05) is 0 Å².